The molecule has 0 radical (unpaired) electrons. The number of nitrogen functional groups attached to an aromatic ring is 2. The summed E-state index contributed by atoms with van der Waals surface area (Å²) in [6.07, 6.45) is 5.64. The average molecular weight is 687 g/mol. The van der Waals surface area contributed by atoms with Gasteiger partial charge < -0.3 is 36.1 Å². The van der Waals surface area contributed by atoms with Crippen LogP contribution < -0.4 is 26.5 Å². The van der Waals surface area contributed by atoms with Gasteiger partial charge in [0, 0.05) is 34.4 Å². The van der Waals surface area contributed by atoms with Gasteiger partial charge in [-0.25, -0.2) is 9.97 Å². The molecule has 232 valence electrons. The number of thioether (sulfide) groups is 1. The van der Waals surface area contributed by atoms with Crippen LogP contribution in [0, 0.1) is 5.41 Å². The van der Waals surface area contributed by atoms with E-state index in [-0.39, 0.29) is 44.7 Å². The maximum Gasteiger partial charge on any atom is 0.276 e. The normalized spacial score (nSPS) is 18.1. The standard InChI is InChI=1S/C26H23ClN10O5S3/c1-42-34-17(16-20(27)45-26(30)33-16)22(38)32-18-23(39)37-19(25(40)41)12(9-44-24(18)37)6-35-4-2-11-3-5-36(14(11)7-35)8-15-31-13(10-43-15)21(28)29/h2-5,7,10,18,24H,6,8-9H2,1H3,(H6-,28,29,30,32,33,38,40,41)/b34-17-/t18-,24-/m1/s1. The molecule has 0 bridgehead atoms. The number of rotatable bonds is 10. The highest BCUT2D eigenvalue weighted by Crippen LogP contribution is 2.40. The molecule has 2 amide bonds. The molecule has 0 aliphatic carbocycles. The van der Waals surface area contributed by atoms with Crippen LogP contribution in [0.15, 0.2) is 52.5 Å². The summed E-state index contributed by atoms with van der Waals surface area (Å²) in [6.45, 7) is 0.648. The molecule has 6 heterocycles. The first-order valence-corrected chi connectivity index (χ1v) is 16.2. The van der Waals surface area contributed by atoms with E-state index in [0.29, 0.717) is 17.8 Å². The van der Waals surface area contributed by atoms with Gasteiger partial charge in [0.1, 0.15) is 50.6 Å². The Bertz CT molecular complexity index is 1950. The number of nitrogens with one attached hydrogen (secondary N) is 2. The molecular formula is C26H23ClN10O5S3. The van der Waals surface area contributed by atoms with Crippen LogP contribution in [0.4, 0.5) is 5.13 Å². The van der Waals surface area contributed by atoms with Crippen molar-refractivity contribution in [2.24, 2.45) is 10.9 Å². The summed E-state index contributed by atoms with van der Waals surface area (Å²) in [5, 5.41) is 29.1. The Morgan fingerprint density at radius 2 is 2.16 bits per heavy atom. The Morgan fingerprint density at radius 1 is 1.36 bits per heavy atom. The molecule has 1 fully saturated rings. The maximum atomic E-state index is 13.2. The highest BCUT2D eigenvalue weighted by Gasteiger charge is 2.53. The van der Waals surface area contributed by atoms with Crippen LogP contribution in [-0.4, -0.2) is 73.0 Å². The Labute approximate surface area is 271 Å². The molecule has 2 atom stereocenters. The second kappa shape index (κ2) is 12.1. The fourth-order valence-electron chi connectivity index (χ4n) is 5.03. The van der Waals surface area contributed by atoms with Crippen LogP contribution in [0.3, 0.4) is 0 Å². The minimum atomic E-state index is -1.49. The molecule has 2 aliphatic heterocycles. The van der Waals surface area contributed by atoms with E-state index in [1.54, 1.807) is 5.38 Å². The highest BCUT2D eigenvalue weighted by molar-refractivity contribution is 8.00. The third-order valence-electron chi connectivity index (χ3n) is 7.03. The number of halogens is 1. The van der Waals surface area contributed by atoms with Gasteiger partial charge in [-0.3, -0.25) is 19.9 Å². The molecule has 4 aromatic rings. The molecule has 19 heteroatoms. The molecule has 0 spiro atoms. The first-order chi connectivity index (χ1) is 21.5. The number of nitrogens with zero attached hydrogens (tertiary/aromatic N) is 6. The van der Waals surface area contributed by atoms with Crippen molar-refractivity contribution in [1.29, 1.82) is 5.41 Å². The number of aliphatic carboxylic acids is 1. The van der Waals surface area contributed by atoms with E-state index in [4.69, 9.17) is 33.3 Å². The minimum absolute atomic E-state index is 0.00338. The minimum Gasteiger partial charge on any atom is -0.543 e. The predicted molar refractivity (Wildman–Crippen MR) is 167 cm³/mol. The smallest absolute Gasteiger partial charge is 0.276 e. The van der Waals surface area contributed by atoms with E-state index in [1.165, 1.54) is 30.2 Å². The van der Waals surface area contributed by atoms with Crippen LogP contribution in [-0.2, 0) is 32.3 Å². The van der Waals surface area contributed by atoms with Crippen molar-refractivity contribution in [2.45, 2.75) is 24.5 Å². The van der Waals surface area contributed by atoms with Crippen molar-refractivity contribution in [3.05, 3.63) is 68.1 Å². The molecule has 0 aromatic carbocycles. The number of hydrogen-bond donors (Lipinski definition) is 4. The predicted octanol–water partition coefficient (Wildman–Crippen LogP) is -0.136. The van der Waals surface area contributed by atoms with Crippen LogP contribution in [0.25, 0.3) is 10.9 Å². The van der Waals surface area contributed by atoms with Gasteiger partial charge in [-0.1, -0.05) is 28.1 Å². The van der Waals surface area contributed by atoms with Crippen LogP contribution in [0.5, 0.6) is 0 Å². The lowest BCUT2D eigenvalue weighted by molar-refractivity contribution is -0.687. The number of amidine groups is 1. The summed E-state index contributed by atoms with van der Waals surface area (Å²) < 4.78 is 3.95. The van der Waals surface area contributed by atoms with Gasteiger partial charge in [-0.05, 0) is 6.07 Å². The summed E-state index contributed by atoms with van der Waals surface area (Å²) in [5.74, 6) is -2.70. The summed E-state index contributed by atoms with van der Waals surface area (Å²) in [5.41, 5.74) is 12.5. The topological polar surface area (TPSA) is 222 Å². The number of carboxylic acid groups (broad SMARTS) is 1. The number of carboxylic acids is 1. The number of carbonyl (C=O) groups excluding carboxylic acids is 3. The van der Waals surface area contributed by atoms with E-state index in [1.807, 2.05) is 39.9 Å². The number of aromatic nitrogens is 4. The third kappa shape index (κ3) is 5.72. The summed E-state index contributed by atoms with van der Waals surface area (Å²) >= 11 is 9.81. The number of fused-ring (bicyclic) bond motifs is 2. The van der Waals surface area contributed by atoms with Crippen molar-refractivity contribution < 1.29 is 28.9 Å². The molecule has 6 rings (SSSR count). The van der Waals surface area contributed by atoms with Gasteiger partial charge in [0.05, 0.1) is 18.2 Å². The second-order valence-electron chi connectivity index (χ2n) is 9.84. The number of nitrogens with two attached hydrogens (primary N) is 2. The first kappa shape index (κ1) is 30.5. The summed E-state index contributed by atoms with van der Waals surface area (Å²) in [4.78, 5) is 53.0. The van der Waals surface area contributed by atoms with Gasteiger partial charge in [0.25, 0.3) is 11.8 Å². The first-order valence-electron chi connectivity index (χ1n) is 13.0. The number of thiazole rings is 2. The third-order valence-corrected chi connectivity index (χ3v) is 10.3. The molecule has 0 saturated carbocycles. The molecule has 1 saturated heterocycles. The monoisotopic (exact) mass is 686 g/mol. The highest BCUT2D eigenvalue weighted by atomic mass is 35.5. The zero-order valence-corrected chi connectivity index (χ0v) is 26.4. The Hall–Kier alpha value is -4.52. The fourth-order valence-corrected chi connectivity index (χ4v) is 8.08. The van der Waals surface area contributed by atoms with E-state index in [0.717, 1.165) is 32.1 Å². The average Bonchev–Trinajstić information content (AvgIpc) is 3.73. The Balaban J connectivity index is 1.21. The molecule has 6 N–H and O–H groups in total. The number of β-lactam (4-membered cyclic amide) rings is 1. The number of amides is 2. The lowest BCUT2D eigenvalue weighted by Crippen LogP contribution is -2.71. The number of oxime groups is 1. The number of carbonyl (C=O) groups is 3. The quantitative estimate of drug-likeness (QED) is 0.0568. The van der Waals surface area contributed by atoms with E-state index in [2.05, 4.69) is 20.4 Å². The molecular weight excluding hydrogens is 664 g/mol. The van der Waals surface area contributed by atoms with Crippen molar-refractivity contribution >= 4 is 91.4 Å². The van der Waals surface area contributed by atoms with E-state index >= 15 is 0 Å². The van der Waals surface area contributed by atoms with Crippen molar-refractivity contribution in [3.63, 3.8) is 0 Å². The van der Waals surface area contributed by atoms with Gasteiger partial charge in [0.15, 0.2) is 29.8 Å². The molecule has 0 unspecified atom stereocenters. The molecule has 15 nitrogen and oxygen atoms in total. The lowest BCUT2D eigenvalue weighted by atomic mass is 10.0. The van der Waals surface area contributed by atoms with Crippen molar-refractivity contribution in [3.8, 4) is 0 Å². The summed E-state index contributed by atoms with van der Waals surface area (Å²) in [6, 6.07) is 2.84. The Kier molecular flexibility index (Phi) is 8.21. The number of hydrogen-bond acceptors (Lipinski definition) is 13. The SMILES string of the molecule is CO/N=C(\C(=O)N[C@@H]1C(=O)N2C(C(=O)[O-])=C(C[n+]3ccc4ccn(Cc5nc(C(=N)N)cs5)c4c3)CS[C@H]12)c1nc(N)sc1Cl. The zero-order chi connectivity index (χ0) is 32.0. The largest absolute Gasteiger partial charge is 0.543 e. The number of anilines is 1. The fraction of sp³-hybridized carbons (Fsp3) is 0.231. The number of pyridine rings is 1. The van der Waals surface area contributed by atoms with Gasteiger partial charge in [-0.2, -0.15) is 4.57 Å². The lowest BCUT2D eigenvalue weighted by Gasteiger charge is -2.50. The van der Waals surface area contributed by atoms with Gasteiger partial charge in [-0.15, -0.1) is 23.1 Å². The molecule has 2 aliphatic rings. The van der Waals surface area contributed by atoms with Crippen LogP contribution >= 0.6 is 46.0 Å². The summed E-state index contributed by atoms with van der Waals surface area (Å²) in [7, 11) is 1.24. The van der Waals surface area contributed by atoms with Crippen molar-refractivity contribution in [1.82, 2.24) is 24.8 Å². The zero-order valence-electron chi connectivity index (χ0n) is 23.2. The second-order valence-corrected chi connectivity index (χ2v) is 13.5. The van der Waals surface area contributed by atoms with Crippen molar-refractivity contribution in [2.75, 3.05) is 18.6 Å². The molecule has 45 heavy (non-hydrogen) atoms. The maximum absolute atomic E-state index is 13.2. The van der Waals surface area contributed by atoms with E-state index in [9.17, 15) is 19.5 Å². The Morgan fingerprint density at radius 3 is 2.82 bits per heavy atom. The van der Waals surface area contributed by atoms with E-state index < -0.39 is 29.2 Å². The van der Waals surface area contributed by atoms with Crippen LogP contribution in [0.2, 0.25) is 4.34 Å². The van der Waals surface area contributed by atoms with Gasteiger partial charge >= 0.3 is 0 Å². The van der Waals surface area contributed by atoms with Gasteiger partial charge in [0.2, 0.25) is 0 Å². The van der Waals surface area contributed by atoms with Crippen LogP contribution in [0.1, 0.15) is 16.4 Å². The molecule has 4 aromatic heterocycles.